The van der Waals surface area contributed by atoms with Crippen LogP contribution in [-0.4, -0.2) is 17.2 Å². The van der Waals surface area contributed by atoms with E-state index < -0.39 is 7.12 Å². The third-order valence-corrected chi connectivity index (χ3v) is 20.6. The summed E-state index contributed by atoms with van der Waals surface area (Å²) in [6.45, 7) is 0. The van der Waals surface area contributed by atoms with Crippen LogP contribution in [0.25, 0.3) is 186 Å². The van der Waals surface area contributed by atoms with Crippen LogP contribution < -0.4 is 5.46 Å². The van der Waals surface area contributed by atoms with Gasteiger partial charge in [-0.1, -0.05) is 333 Å². The lowest BCUT2D eigenvalue weighted by Gasteiger charge is -2.18. The first-order chi connectivity index (χ1) is 50.3. The van der Waals surface area contributed by atoms with Gasteiger partial charge < -0.3 is 18.9 Å². The SMILES string of the molecule is Brc1cccc(-c2ccc3oc4ccccc4c3c2)c1.C.OB(O)c1c2ccccc2c(-c2ccc(-c3cccc4ccccc34)cc2)c2ccccc12.c1cc(-c2ccc3oc4ccccc4c3c2)cc(-c2c3ccccc3c(-c3ccc(-c4cccc5ccccc45)cc3)c3ccccc23)c1. The maximum Gasteiger partial charge on any atom is 0.489 e. The molecule has 0 atom stereocenters. The van der Waals surface area contributed by atoms with Crippen molar-refractivity contribution in [2.24, 2.45) is 0 Å². The summed E-state index contributed by atoms with van der Waals surface area (Å²) >= 11 is 3.52. The molecule has 0 aliphatic carbocycles. The summed E-state index contributed by atoms with van der Waals surface area (Å²) in [6.07, 6.45) is 0. The lowest BCUT2D eigenvalue weighted by atomic mass is 9.72. The lowest BCUT2D eigenvalue weighted by molar-refractivity contribution is 0.426. The van der Waals surface area contributed by atoms with Gasteiger partial charge in [-0.3, -0.25) is 0 Å². The molecule has 20 aromatic rings. The molecule has 2 heterocycles. The van der Waals surface area contributed by atoms with Gasteiger partial charge in [-0.15, -0.1) is 0 Å². The first-order valence-corrected chi connectivity index (χ1v) is 35.2. The van der Waals surface area contributed by atoms with E-state index in [1.807, 2.05) is 78.9 Å². The minimum atomic E-state index is -1.54. The molecule has 0 amide bonds. The Bertz CT molecular complexity index is 6500. The zero-order valence-corrected chi connectivity index (χ0v) is 56.9. The van der Waals surface area contributed by atoms with E-state index in [-0.39, 0.29) is 7.43 Å². The Kier molecular flexibility index (Phi) is 16.9. The van der Waals surface area contributed by atoms with Gasteiger partial charge in [0.05, 0.1) is 0 Å². The van der Waals surface area contributed by atoms with Crippen LogP contribution in [0.15, 0.2) is 377 Å². The fourth-order valence-electron chi connectivity index (χ4n) is 15.4. The molecule has 4 nitrogen and oxygen atoms in total. The van der Waals surface area contributed by atoms with Gasteiger partial charge in [-0.05, 0) is 203 Å². The Balaban J connectivity index is 0.000000125. The van der Waals surface area contributed by atoms with Gasteiger partial charge in [-0.25, -0.2) is 0 Å². The topological polar surface area (TPSA) is 66.7 Å². The fraction of sp³-hybridized carbons (Fsp3) is 0.0103. The predicted molar refractivity (Wildman–Crippen MR) is 441 cm³/mol. The van der Waals surface area contributed by atoms with Crippen molar-refractivity contribution in [3.63, 3.8) is 0 Å². The number of hydrogen-bond acceptors (Lipinski definition) is 4. The molecule has 0 aliphatic rings. The van der Waals surface area contributed by atoms with E-state index in [1.54, 1.807) is 0 Å². The molecule has 0 unspecified atom stereocenters. The van der Waals surface area contributed by atoms with Gasteiger partial charge in [0.1, 0.15) is 22.3 Å². The average Bonchev–Trinajstić information content (AvgIpc) is 1.59. The van der Waals surface area contributed by atoms with Crippen LogP contribution in [0.4, 0.5) is 0 Å². The van der Waals surface area contributed by atoms with Crippen LogP contribution in [0.2, 0.25) is 0 Å². The Hall–Kier alpha value is -12.4. The van der Waals surface area contributed by atoms with Crippen molar-refractivity contribution in [2.45, 2.75) is 7.43 Å². The second-order valence-corrected chi connectivity index (χ2v) is 26.9. The molecule has 0 fully saturated rings. The quantitative estimate of drug-likeness (QED) is 0.118. The van der Waals surface area contributed by atoms with Crippen molar-refractivity contribution in [1.82, 2.24) is 0 Å². The maximum absolute atomic E-state index is 10.2. The number of hydrogen-bond donors (Lipinski definition) is 2. The third-order valence-electron chi connectivity index (χ3n) is 20.1. The molecule has 0 spiro atoms. The van der Waals surface area contributed by atoms with Crippen molar-refractivity contribution in [1.29, 1.82) is 0 Å². The highest BCUT2D eigenvalue weighted by molar-refractivity contribution is 9.10. The maximum atomic E-state index is 10.2. The van der Waals surface area contributed by atoms with E-state index in [1.165, 1.54) is 115 Å². The molecule has 0 bridgehead atoms. The van der Waals surface area contributed by atoms with E-state index in [2.05, 4.69) is 301 Å². The summed E-state index contributed by atoms with van der Waals surface area (Å²) in [5.41, 5.74) is 21.1. The predicted octanol–water partition coefficient (Wildman–Crippen LogP) is 26.5. The molecule has 103 heavy (non-hydrogen) atoms. The van der Waals surface area contributed by atoms with Gasteiger partial charge in [-0.2, -0.15) is 0 Å². The standard InChI is InChI=1S/C48H30O.C30H21BO2.C18H11BrO.CH4/c1-2-15-37-31(11-1)12-10-21-38(37)32-23-25-33(26-24-32)47-40-17-3-5-19-42(40)48(43-20-6-4-18-41(43)47)36-14-9-13-34(29-36)35-27-28-46-44(30-35)39-16-7-8-22-45(39)49-46;32-31(33)30-27-13-5-3-11-25(27)29(26-12-4-6-14-28(26)30)22-18-16-21(17-19-22)24-15-7-9-20-8-1-2-10-23(20)24;19-14-5-3-4-12(10-14)13-8-9-18-16(11-13)15-6-1-2-7-17(15)20-18;/h1-30H;1-19,32-33H;1-11H;1H4. The molecule has 488 valence electrons. The molecular formula is C97H66BBrO4. The van der Waals surface area contributed by atoms with Gasteiger partial charge >= 0.3 is 7.12 Å². The Morgan fingerprint density at radius 3 is 0.932 bits per heavy atom. The summed E-state index contributed by atoms with van der Waals surface area (Å²) in [7, 11) is -1.54. The molecule has 20 rings (SSSR count). The molecule has 18 aromatic carbocycles. The van der Waals surface area contributed by atoms with Gasteiger partial charge in [0, 0.05) is 26.0 Å². The zero-order chi connectivity index (χ0) is 68.2. The van der Waals surface area contributed by atoms with E-state index in [0.717, 1.165) is 75.6 Å². The average molecular weight is 1390 g/mol. The number of benzene rings is 18. The number of furan rings is 2. The van der Waals surface area contributed by atoms with Crippen molar-refractivity contribution >= 4 is 137 Å². The Labute approximate surface area is 605 Å². The number of halogens is 1. The highest BCUT2D eigenvalue weighted by atomic mass is 79.9. The van der Waals surface area contributed by atoms with Crippen LogP contribution >= 0.6 is 15.9 Å². The highest BCUT2D eigenvalue weighted by Gasteiger charge is 2.23. The van der Waals surface area contributed by atoms with Crippen molar-refractivity contribution in [3.05, 3.63) is 368 Å². The smallest absolute Gasteiger partial charge is 0.456 e. The minimum Gasteiger partial charge on any atom is -0.456 e. The molecule has 6 heteroatoms. The van der Waals surface area contributed by atoms with E-state index in [4.69, 9.17) is 8.83 Å². The van der Waals surface area contributed by atoms with Crippen molar-refractivity contribution in [3.8, 4) is 77.9 Å². The monoisotopic (exact) mass is 1380 g/mol. The van der Waals surface area contributed by atoms with Crippen LogP contribution in [0, 0.1) is 0 Å². The van der Waals surface area contributed by atoms with Crippen LogP contribution in [0.5, 0.6) is 0 Å². The third kappa shape index (κ3) is 11.8. The summed E-state index contributed by atoms with van der Waals surface area (Å²) < 4.78 is 13.1. The molecule has 0 saturated heterocycles. The van der Waals surface area contributed by atoms with Gasteiger partial charge in [0.25, 0.3) is 0 Å². The van der Waals surface area contributed by atoms with Crippen LogP contribution in [0.1, 0.15) is 7.43 Å². The van der Waals surface area contributed by atoms with E-state index in [0.29, 0.717) is 5.46 Å². The van der Waals surface area contributed by atoms with Crippen LogP contribution in [0.3, 0.4) is 0 Å². The van der Waals surface area contributed by atoms with E-state index in [9.17, 15) is 10.0 Å². The number of rotatable bonds is 8. The number of fused-ring (bicyclic) bond motifs is 12. The van der Waals surface area contributed by atoms with Crippen molar-refractivity contribution < 1.29 is 18.9 Å². The number of para-hydroxylation sites is 2. The second-order valence-electron chi connectivity index (χ2n) is 26.0. The molecule has 0 saturated carbocycles. The van der Waals surface area contributed by atoms with Gasteiger partial charge in [0.15, 0.2) is 0 Å². The minimum absolute atomic E-state index is 0. The van der Waals surface area contributed by atoms with Crippen molar-refractivity contribution in [2.75, 3.05) is 0 Å². The summed E-state index contributed by atoms with van der Waals surface area (Å²) in [4.78, 5) is 0. The summed E-state index contributed by atoms with van der Waals surface area (Å²) in [6, 6.07) is 128. The van der Waals surface area contributed by atoms with Crippen LogP contribution in [-0.2, 0) is 0 Å². The largest absolute Gasteiger partial charge is 0.489 e. The summed E-state index contributed by atoms with van der Waals surface area (Å²) in [5.74, 6) is 0. The lowest BCUT2D eigenvalue weighted by Crippen LogP contribution is -2.31. The van der Waals surface area contributed by atoms with E-state index >= 15 is 0 Å². The Morgan fingerprint density at radius 1 is 0.214 bits per heavy atom. The fourth-order valence-corrected chi connectivity index (χ4v) is 15.8. The first kappa shape index (κ1) is 64.0. The van der Waals surface area contributed by atoms with Gasteiger partial charge in [0.2, 0.25) is 0 Å². The molecule has 0 radical (unpaired) electrons. The second kappa shape index (κ2) is 27.3. The molecular weight excluding hydrogens is 1320 g/mol. The molecule has 2 N–H and O–H groups in total. The molecule has 0 aliphatic heterocycles. The normalized spacial score (nSPS) is 11.4. The first-order valence-electron chi connectivity index (χ1n) is 34.4. The molecule has 2 aromatic heterocycles. The zero-order valence-electron chi connectivity index (χ0n) is 55.3. The highest BCUT2D eigenvalue weighted by Crippen LogP contribution is 2.46. The Morgan fingerprint density at radius 2 is 0.505 bits per heavy atom. The summed E-state index contributed by atoms with van der Waals surface area (Å²) in [5, 5.41) is 38.8.